The van der Waals surface area contributed by atoms with Gasteiger partial charge in [-0.05, 0) is 30.9 Å². The van der Waals surface area contributed by atoms with Crippen LogP contribution in [0.3, 0.4) is 0 Å². The smallest absolute Gasteiger partial charge is 0.0647 e. The molecule has 2 unspecified atom stereocenters. The molecule has 1 aliphatic rings. The predicted octanol–water partition coefficient (Wildman–Crippen LogP) is 4.38. The minimum absolute atomic E-state index is 0.0127. The normalized spacial score (nSPS) is 23.5. The van der Waals surface area contributed by atoms with Gasteiger partial charge in [0.05, 0.1) is 16.6 Å². The molecule has 2 aromatic rings. The molecule has 0 bridgehead atoms. The summed E-state index contributed by atoms with van der Waals surface area (Å²) in [5.41, 5.74) is 1.02. The molecule has 1 aromatic heterocycles. The second-order valence-electron chi connectivity index (χ2n) is 5.11. The number of aromatic amines is 1. The number of rotatable bonds is 0. The summed E-state index contributed by atoms with van der Waals surface area (Å²) in [6.07, 6.45) is 6.50. The number of benzene rings is 1. The summed E-state index contributed by atoms with van der Waals surface area (Å²) in [4.78, 5) is 3.06. The summed E-state index contributed by atoms with van der Waals surface area (Å²) in [5, 5.41) is 11.0. The largest absolute Gasteiger partial charge is 0.393 e. The second kappa shape index (κ2) is 6.26. The fourth-order valence-electron chi connectivity index (χ4n) is 2.45. The lowest BCUT2D eigenvalue weighted by Crippen LogP contribution is -2.16. The molecule has 1 aromatic carbocycles. The summed E-state index contributed by atoms with van der Waals surface area (Å²) in [6, 6.07) is 7.85. The summed E-state index contributed by atoms with van der Waals surface area (Å²) in [7, 11) is 0. The monoisotopic (exact) mass is 265 g/mol. The number of H-pyrrole nitrogens is 1. The number of nitrogens with one attached hydrogen (secondary N) is 1. The van der Waals surface area contributed by atoms with Crippen molar-refractivity contribution in [2.24, 2.45) is 5.92 Å². The van der Waals surface area contributed by atoms with E-state index in [2.05, 4.69) is 11.9 Å². The molecule has 1 saturated carbocycles. The molecule has 2 atom stereocenters. The van der Waals surface area contributed by atoms with Crippen molar-refractivity contribution in [3.05, 3.63) is 35.5 Å². The lowest BCUT2D eigenvalue weighted by molar-refractivity contribution is 0.106. The number of hydrogen-bond donors (Lipinski definition) is 2. The second-order valence-corrected chi connectivity index (χ2v) is 5.51. The minimum atomic E-state index is 0.0127. The quantitative estimate of drug-likeness (QED) is 0.729. The van der Waals surface area contributed by atoms with Gasteiger partial charge in [0, 0.05) is 11.6 Å². The van der Waals surface area contributed by atoms with Crippen LogP contribution in [-0.2, 0) is 0 Å². The first-order chi connectivity index (χ1) is 8.66. The topological polar surface area (TPSA) is 36.0 Å². The molecule has 0 aliphatic heterocycles. The van der Waals surface area contributed by atoms with E-state index in [-0.39, 0.29) is 6.10 Å². The van der Waals surface area contributed by atoms with E-state index >= 15 is 0 Å². The Morgan fingerprint density at radius 3 is 2.72 bits per heavy atom. The maximum Gasteiger partial charge on any atom is 0.0647 e. The molecular formula is C15H20ClNO. The fourth-order valence-corrected chi connectivity index (χ4v) is 2.69. The predicted molar refractivity (Wildman–Crippen MR) is 76.9 cm³/mol. The summed E-state index contributed by atoms with van der Waals surface area (Å²) < 4.78 is 0. The number of aromatic nitrogens is 1. The van der Waals surface area contributed by atoms with E-state index in [1.807, 2.05) is 30.5 Å². The van der Waals surface area contributed by atoms with Crippen LogP contribution < -0.4 is 0 Å². The van der Waals surface area contributed by atoms with Gasteiger partial charge in [0.2, 0.25) is 0 Å². The number of para-hydroxylation sites is 1. The zero-order valence-electron chi connectivity index (χ0n) is 10.7. The first-order valence-corrected chi connectivity index (χ1v) is 6.94. The zero-order chi connectivity index (χ0) is 13.0. The molecule has 0 radical (unpaired) electrons. The highest BCUT2D eigenvalue weighted by Crippen LogP contribution is 2.23. The molecule has 18 heavy (non-hydrogen) atoms. The molecular weight excluding hydrogens is 246 g/mol. The van der Waals surface area contributed by atoms with Crippen LogP contribution >= 0.6 is 11.6 Å². The number of aliphatic hydroxyl groups is 1. The van der Waals surface area contributed by atoms with Crippen molar-refractivity contribution in [1.29, 1.82) is 0 Å². The minimum Gasteiger partial charge on any atom is -0.393 e. The Labute approximate surface area is 113 Å². The van der Waals surface area contributed by atoms with Gasteiger partial charge in [-0.2, -0.15) is 0 Å². The summed E-state index contributed by atoms with van der Waals surface area (Å²) in [6.45, 7) is 2.21. The molecule has 3 rings (SSSR count). The molecule has 0 amide bonds. The summed E-state index contributed by atoms with van der Waals surface area (Å²) >= 11 is 5.87. The van der Waals surface area contributed by atoms with E-state index in [0.29, 0.717) is 0 Å². The van der Waals surface area contributed by atoms with Crippen LogP contribution in [0, 0.1) is 5.92 Å². The summed E-state index contributed by atoms with van der Waals surface area (Å²) in [5.74, 6) is 0.763. The van der Waals surface area contributed by atoms with Crippen molar-refractivity contribution in [3.63, 3.8) is 0 Å². The van der Waals surface area contributed by atoms with Gasteiger partial charge in [-0.3, -0.25) is 0 Å². The number of halogens is 1. The highest BCUT2D eigenvalue weighted by molar-refractivity contribution is 6.35. The Morgan fingerprint density at radius 2 is 2.11 bits per heavy atom. The van der Waals surface area contributed by atoms with Crippen molar-refractivity contribution < 1.29 is 5.11 Å². The van der Waals surface area contributed by atoms with Crippen LogP contribution in [0.4, 0.5) is 0 Å². The van der Waals surface area contributed by atoms with Gasteiger partial charge >= 0.3 is 0 Å². The molecule has 98 valence electrons. The average molecular weight is 266 g/mol. The van der Waals surface area contributed by atoms with Gasteiger partial charge < -0.3 is 10.1 Å². The van der Waals surface area contributed by atoms with Crippen molar-refractivity contribution >= 4 is 22.5 Å². The van der Waals surface area contributed by atoms with E-state index in [0.717, 1.165) is 34.7 Å². The number of fused-ring (bicyclic) bond motifs is 1. The van der Waals surface area contributed by atoms with Crippen molar-refractivity contribution in [1.82, 2.24) is 4.98 Å². The van der Waals surface area contributed by atoms with Crippen LogP contribution in [0.2, 0.25) is 5.02 Å². The first-order valence-electron chi connectivity index (χ1n) is 6.56. The Morgan fingerprint density at radius 1 is 1.28 bits per heavy atom. The average Bonchev–Trinajstić information content (AvgIpc) is 2.79. The third kappa shape index (κ3) is 3.50. The first kappa shape index (κ1) is 13.4. The third-order valence-electron chi connectivity index (χ3n) is 3.45. The lowest BCUT2D eigenvalue weighted by Gasteiger charge is -2.21. The van der Waals surface area contributed by atoms with Gasteiger partial charge in [-0.25, -0.2) is 0 Å². The van der Waals surface area contributed by atoms with Crippen LogP contribution in [-0.4, -0.2) is 16.2 Å². The van der Waals surface area contributed by atoms with Crippen LogP contribution in [0.25, 0.3) is 10.9 Å². The molecule has 1 heterocycles. The molecule has 1 aliphatic carbocycles. The van der Waals surface area contributed by atoms with E-state index in [1.54, 1.807) is 0 Å². The SMILES string of the molecule is CC1CCCC(O)C1.Clc1cccc2cc[nH]c12. The standard InChI is InChI=1S/C8H6ClN.C7H14O/c9-7-3-1-2-6-4-5-10-8(6)7;1-6-3-2-4-7(8)5-6/h1-5,10H;6-8H,2-5H2,1H3. The Balaban J connectivity index is 0.000000138. The van der Waals surface area contributed by atoms with E-state index in [4.69, 9.17) is 16.7 Å². The van der Waals surface area contributed by atoms with Crippen molar-refractivity contribution in [2.45, 2.75) is 38.7 Å². The van der Waals surface area contributed by atoms with E-state index in [9.17, 15) is 0 Å². The van der Waals surface area contributed by atoms with Gasteiger partial charge in [0.25, 0.3) is 0 Å². The maximum atomic E-state index is 9.08. The van der Waals surface area contributed by atoms with Crippen molar-refractivity contribution in [3.8, 4) is 0 Å². The number of hydrogen-bond acceptors (Lipinski definition) is 1. The van der Waals surface area contributed by atoms with Crippen molar-refractivity contribution in [2.75, 3.05) is 0 Å². The van der Waals surface area contributed by atoms with Crippen LogP contribution in [0.5, 0.6) is 0 Å². The van der Waals surface area contributed by atoms with E-state index in [1.165, 1.54) is 12.8 Å². The zero-order valence-corrected chi connectivity index (χ0v) is 11.5. The Hall–Kier alpha value is -0.990. The fraction of sp³-hybridized carbons (Fsp3) is 0.467. The van der Waals surface area contributed by atoms with E-state index < -0.39 is 0 Å². The lowest BCUT2D eigenvalue weighted by atomic mass is 9.89. The molecule has 3 heteroatoms. The Bertz CT molecular complexity index is 486. The van der Waals surface area contributed by atoms with Crippen LogP contribution in [0.1, 0.15) is 32.6 Å². The maximum absolute atomic E-state index is 9.08. The van der Waals surface area contributed by atoms with Crippen LogP contribution in [0.15, 0.2) is 30.5 Å². The highest BCUT2D eigenvalue weighted by atomic mass is 35.5. The van der Waals surface area contributed by atoms with Gasteiger partial charge in [0.15, 0.2) is 0 Å². The Kier molecular flexibility index (Phi) is 4.67. The molecule has 0 spiro atoms. The highest BCUT2D eigenvalue weighted by Gasteiger charge is 2.15. The van der Waals surface area contributed by atoms with Gasteiger partial charge in [-0.15, -0.1) is 0 Å². The van der Waals surface area contributed by atoms with Gasteiger partial charge in [0.1, 0.15) is 0 Å². The molecule has 0 saturated heterocycles. The molecule has 2 nitrogen and oxygen atoms in total. The number of aliphatic hydroxyl groups excluding tert-OH is 1. The third-order valence-corrected chi connectivity index (χ3v) is 3.76. The van der Waals surface area contributed by atoms with Gasteiger partial charge in [-0.1, -0.05) is 43.5 Å². The molecule has 1 fully saturated rings. The molecule has 2 N–H and O–H groups in total.